The molecule has 9 nitrogen and oxygen atoms in total. The molecule has 0 radical (unpaired) electrons. The fraction of sp³-hybridized carbons (Fsp3) is 0.318. The van der Waals surface area contributed by atoms with Crippen LogP contribution in [0.5, 0.6) is 0 Å². The van der Waals surface area contributed by atoms with Gasteiger partial charge in [-0.15, -0.1) is 0 Å². The topological polar surface area (TPSA) is 110 Å². The van der Waals surface area contributed by atoms with Crippen LogP contribution in [0, 0.1) is 0 Å². The maximum atomic E-state index is 13.1. The standard InChI is InChI=1S/C22H23ClN4O5S/c1-25-19-8-7-17(33(31,32)24-16-6-4-5-15(23)13-16)14-18(19)21(29)27(22(25)30)12-9-20(28)26-10-2-3-11-26/h4-8,13-14,24H,2-3,9-12H2,1H3. The van der Waals surface area contributed by atoms with Gasteiger partial charge < -0.3 is 4.90 Å². The van der Waals surface area contributed by atoms with Crippen LogP contribution in [0.3, 0.4) is 0 Å². The van der Waals surface area contributed by atoms with Gasteiger partial charge in [-0.05, 0) is 49.2 Å². The molecule has 0 bridgehead atoms. The van der Waals surface area contributed by atoms with Gasteiger partial charge in [-0.2, -0.15) is 0 Å². The number of aryl methyl sites for hydroxylation is 1. The van der Waals surface area contributed by atoms with E-state index in [-0.39, 0.29) is 34.8 Å². The second-order valence-electron chi connectivity index (χ2n) is 7.93. The molecule has 1 aromatic heterocycles. The molecule has 0 aliphatic carbocycles. The quantitative estimate of drug-likeness (QED) is 0.569. The maximum absolute atomic E-state index is 13.1. The third-order valence-corrected chi connectivity index (χ3v) is 7.33. The molecule has 0 atom stereocenters. The molecule has 0 spiro atoms. The van der Waals surface area contributed by atoms with E-state index in [1.165, 1.54) is 35.9 Å². The van der Waals surface area contributed by atoms with E-state index >= 15 is 0 Å². The monoisotopic (exact) mass is 490 g/mol. The minimum absolute atomic E-state index is 0.0228. The molecule has 4 rings (SSSR count). The number of hydrogen-bond donors (Lipinski definition) is 1. The highest BCUT2D eigenvalue weighted by Gasteiger charge is 2.21. The molecule has 1 N–H and O–H groups in total. The van der Waals surface area contributed by atoms with E-state index in [4.69, 9.17) is 11.6 Å². The Kier molecular flexibility index (Phi) is 6.31. The van der Waals surface area contributed by atoms with Gasteiger partial charge in [-0.25, -0.2) is 13.2 Å². The number of hydrogen-bond acceptors (Lipinski definition) is 5. The summed E-state index contributed by atoms with van der Waals surface area (Å²) in [5.74, 6) is -0.108. The Morgan fingerprint density at radius 1 is 1.09 bits per heavy atom. The van der Waals surface area contributed by atoms with Crippen molar-refractivity contribution in [2.75, 3.05) is 17.8 Å². The Labute approximate surface area is 195 Å². The summed E-state index contributed by atoms with van der Waals surface area (Å²) in [4.78, 5) is 39.8. The Balaban J connectivity index is 1.69. The first-order valence-corrected chi connectivity index (χ1v) is 12.3. The SMILES string of the molecule is Cn1c(=O)n(CCC(=O)N2CCCC2)c(=O)c2cc(S(=O)(=O)Nc3cccc(Cl)c3)ccc21. The molecular weight excluding hydrogens is 468 g/mol. The summed E-state index contributed by atoms with van der Waals surface area (Å²) < 4.78 is 30.5. The molecule has 1 fully saturated rings. The van der Waals surface area contributed by atoms with Gasteiger partial charge in [-0.3, -0.25) is 23.4 Å². The molecular formula is C22H23ClN4O5S. The summed E-state index contributed by atoms with van der Waals surface area (Å²) in [6.45, 7) is 1.29. The summed E-state index contributed by atoms with van der Waals surface area (Å²) in [6.07, 6.45) is 1.92. The lowest BCUT2D eigenvalue weighted by molar-refractivity contribution is -0.130. The number of fused-ring (bicyclic) bond motifs is 1. The zero-order chi connectivity index (χ0) is 23.8. The number of carbonyl (C=O) groups excluding carboxylic acids is 1. The Morgan fingerprint density at radius 2 is 1.82 bits per heavy atom. The Morgan fingerprint density at radius 3 is 2.52 bits per heavy atom. The summed E-state index contributed by atoms with van der Waals surface area (Å²) in [6, 6.07) is 10.2. The number of halogens is 1. The zero-order valence-electron chi connectivity index (χ0n) is 18.0. The van der Waals surface area contributed by atoms with Crippen molar-refractivity contribution in [2.24, 2.45) is 7.05 Å². The number of likely N-dealkylation sites (tertiary alicyclic amines) is 1. The van der Waals surface area contributed by atoms with Crippen LogP contribution in [-0.4, -0.2) is 41.4 Å². The van der Waals surface area contributed by atoms with E-state index in [2.05, 4.69) is 4.72 Å². The number of anilines is 1. The highest BCUT2D eigenvalue weighted by atomic mass is 35.5. The summed E-state index contributed by atoms with van der Waals surface area (Å²) in [5, 5.41) is 0.440. The largest absolute Gasteiger partial charge is 0.343 e. The van der Waals surface area contributed by atoms with Crippen molar-refractivity contribution in [1.29, 1.82) is 0 Å². The van der Waals surface area contributed by atoms with Crippen molar-refractivity contribution in [3.63, 3.8) is 0 Å². The number of aromatic nitrogens is 2. The van der Waals surface area contributed by atoms with Gasteiger partial charge in [0.2, 0.25) is 5.91 Å². The fourth-order valence-electron chi connectivity index (χ4n) is 3.96. The normalized spacial score (nSPS) is 14.1. The number of nitrogens with one attached hydrogen (secondary N) is 1. The van der Waals surface area contributed by atoms with Crippen LogP contribution < -0.4 is 16.0 Å². The van der Waals surface area contributed by atoms with Crippen molar-refractivity contribution >= 4 is 44.1 Å². The van der Waals surface area contributed by atoms with Crippen molar-refractivity contribution in [3.05, 3.63) is 68.3 Å². The Hall–Kier alpha value is -3.11. The molecule has 0 unspecified atom stereocenters. The summed E-state index contributed by atoms with van der Waals surface area (Å²) in [7, 11) is -2.51. The number of nitrogens with zero attached hydrogens (tertiary/aromatic N) is 3. The second kappa shape index (κ2) is 9.03. The second-order valence-corrected chi connectivity index (χ2v) is 10.0. The van der Waals surface area contributed by atoms with Crippen molar-refractivity contribution in [3.8, 4) is 0 Å². The first-order chi connectivity index (χ1) is 15.7. The molecule has 3 aromatic rings. The lowest BCUT2D eigenvalue weighted by Crippen LogP contribution is -2.40. The van der Waals surface area contributed by atoms with Crippen LogP contribution in [0.25, 0.3) is 10.9 Å². The first kappa shape index (κ1) is 23.1. The van der Waals surface area contributed by atoms with E-state index in [1.807, 2.05) is 0 Å². The molecule has 0 saturated carbocycles. The summed E-state index contributed by atoms with van der Waals surface area (Å²) >= 11 is 5.92. The first-order valence-electron chi connectivity index (χ1n) is 10.5. The van der Waals surface area contributed by atoms with E-state index < -0.39 is 21.3 Å². The van der Waals surface area contributed by atoms with Crippen LogP contribution in [0.2, 0.25) is 5.02 Å². The van der Waals surface area contributed by atoms with E-state index in [0.29, 0.717) is 23.6 Å². The number of carbonyl (C=O) groups is 1. The zero-order valence-corrected chi connectivity index (χ0v) is 19.5. The smallest absolute Gasteiger partial charge is 0.331 e. The minimum atomic E-state index is -4.02. The molecule has 2 heterocycles. The van der Waals surface area contributed by atoms with Gasteiger partial charge in [0, 0.05) is 38.1 Å². The van der Waals surface area contributed by atoms with Gasteiger partial charge >= 0.3 is 5.69 Å². The number of sulfonamides is 1. The van der Waals surface area contributed by atoms with Crippen molar-refractivity contribution < 1.29 is 13.2 Å². The van der Waals surface area contributed by atoms with E-state index in [1.54, 1.807) is 23.1 Å². The van der Waals surface area contributed by atoms with Crippen LogP contribution >= 0.6 is 11.6 Å². The lowest BCUT2D eigenvalue weighted by Gasteiger charge is -2.16. The lowest BCUT2D eigenvalue weighted by atomic mass is 10.2. The van der Waals surface area contributed by atoms with Crippen molar-refractivity contribution in [1.82, 2.24) is 14.0 Å². The molecule has 33 heavy (non-hydrogen) atoms. The average molecular weight is 491 g/mol. The van der Waals surface area contributed by atoms with Crippen LogP contribution in [0.15, 0.2) is 56.9 Å². The van der Waals surface area contributed by atoms with Gasteiger partial charge in [0.05, 0.1) is 21.5 Å². The summed E-state index contributed by atoms with van der Waals surface area (Å²) in [5.41, 5.74) is -0.619. The van der Waals surface area contributed by atoms with Gasteiger partial charge in [0.15, 0.2) is 0 Å². The predicted octanol–water partition coefficient (Wildman–Crippen LogP) is 2.17. The highest BCUT2D eigenvalue weighted by molar-refractivity contribution is 7.92. The minimum Gasteiger partial charge on any atom is -0.343 e. The average Bonchev–Trinajstić information content (AvgIpc) is 3.32. The van der Waals surface area contributed by atoms with Gasteiger partial charge in [0.25, 0.3) is 15.6 Å². The molecule has 1 saturated heterocycles. The number of benzene rings is 2. The third-order valence-electron chi connectivity index (χ3n) is 5.72. The maximum Gasteiger partial charge on any atom is 0.331 e. The molecule has 2 aromatic carbocycles. The molecule has 1 aliphatic heterocycles. The van der Waals surface area contributed by atoms with Gasteiger partial charge in [0.1, 0.15) is 0 Å². The molecule has 1 aliphatic rings. The number of rotatable bonds is 6. The van der Waals surface area contributed by atoms with Crippen LogP contribution in [-0.2, 0) is 28.4 Å². The molecule has 11 heteroatoms. The van der Waals surface area contributed by atoms with Crippen molar-refractivity contribution in [2.45, 2.75) is 30.7 Å². The Bertz CT molecular complexity index is 1460. The van der Waals surface area contributed by atoms with Crippen LogP contribution in [0.1, 0.15) is 19.3 Å². The molecule has 174 valence electrons. The molecule has 1 amide bonds. The predicted molar refractivity (Wildman–Crippen MR) is 126 cm³/mol. The van der Waals surface area contributed by atoms with Crippen LogP contribution in [0.4, 0.5) is 5.69 Å². The van der Waals surface area contributed by atoms with Gasteiger partial charge in [-0.1, -0.05) is 17.7 Å². The third kappa shape index (κ3) is 4.67. The highest BCUT2D eigenvalue weighted by Crippen LogP contribution is 2.21. The van der Waals surface area contributed by atoms with E-state index in [0.717, 1.165) is 17.4 Å². The van der Waals surface area contributed by atoms with E-state index in [9.17, 15) is 22.8 Å². The number of amides is 1. The fourth-order valence-corrected chi connectivity index (χ4v) is 5.22.